The van der Waals surface area contributed by atoms with Crippen LogP contribution in [0.2, 0.25) is 0 Å². The van der Waals surface area contributed by atoms with Crippen molar-refractivity contribution in [3.05, 3.63) is 35.4 Å². The summed E-state index contributed by atoms with van der Waals surface area (Å²) in [6.45, 7) is 6.96. The smallest absolute Gasteiger partial charge is 0.253 e. The van der Waals surface area contributed by atoms with Gasteiger partial charge in [-0.15, -0.1) is 24.0 Å². The molecule has 0 aromatic heterocycles. The van der Waals surface area contributed by atoms with E-state index >= 15 is 0 Å². The third-order valence-electron chi connectivity index (χ3n) is 6.71. The highest BCUT2D eigenvalue weighted by atomic mass is 127. The quantitative estimate of drug-likeness (QED) is 0.266. The van der Waals surface area contributed by atoms with Gasteiger partial charge in [-0.05, 0) is 68.6 Å². The monoisotopic (exact) mass is 556 g/mol. The van der Waals surface area contributed by atoms with Gasteiger partial charge in [0.15, 0.2) is 5.96 Å². The molecule has 1 amide bonds. The molecule has 1 aromatic rings. The Morgan fingerprint density at radius 3 is 2.56 bits per heavy atom. The van der Waals surface area contributed by atoms with Crippen molar-refractivity contribution in [3.8, 4) is 0 Å². The molecule has 6 nitrogen and oxygen atoms in total. The van der Waals surface area contributed by atoms with Crippen molar-refractivity contribution in [1.29, 1.82) is 0 Å². The van der Waals surface area contributed by atoms with Crippen molar-refractivity contribution >= 4 is 35.8 Å². The number of benzene rings is 1. The lowest BCUT2D eigenvalue weighted by atomic mass is 9.83. The van der Waals surface area contributed by atoms with Crippen molar-refractivity contribution < 1.29 is 9.53 Å². The summed E-state index contributed by atoms with van der Waals surface area (Å²) in [5.74, 6) is 0.996. The normalized spacial score (nSPS) is 18.2. The van der Waals surface area contributed by atoms with E-state index in [9.17, 15) is 4.79 Å². The van der Waals surface area contributed by atoms with Gasteiger partial charge in [0.1, 0.15) is 0 Å². The Balaban J connectivity index is 0.00000363. The Morgan fingerprint density at radius 1 is 1.12 bits per heavy atom. The molecule has 0 bridgehead atoms. The van der Waals surface area contributed by atoms with Gasteiger partial charge in [0, 0.05) is 45.5 Å². The average molecular weight is 557 g/mol. The van der Waals surface area contributed by atoms with E-state index in [0.717, 1.165) is 69.1 Å². The summed E-state index contributed by atoms with van der Waals surface area (Å²) in [5, 5.41) is 6.95. The number of rotatable bonds is 9. The summed E-state index contributed by atoms with van der Waals surface area (Å²) in [5.41, 5.74) is 2.15. The van der Waals surface area contributed by atoms with Crippen LogP contribution in [0, 0.1) is 5.41 Å². The lowest BCUT2D eigenvalue weighted by molar-refractivity contribution is 0.0724. The van der Waals surface area contributed by atoms with Gasteiger partial charge < -0.3 is 20.3 Å². The number of hydrogen-bond donors (Lipinski definition) is 2. The molecular formula is C25H41IN4O2. The fraction of sp³-hybridized carbons (Fsp3) is 0.680. The lowest BCUT2D eigenvalue weighted by Gasteiger charge is -2.30. The number of piperidine rings is 1. The van der Waals surface area contributed by atoms with E-state index in [2.05, 4.69) is 23.6 Å². The fourth-order valence-electron chi connectivity index (χ4n) is 4.82. The van der Waals surface area contributed by atoms with E-state index in [1.807, 2.05) is 23.1 Å². The summed E-state index contributed by atoms with van der Waals surface area (Å²) >= 11 is 0. The Kier molecular flexibility index (Phi) is 11.8. The maximum Gasteiger partial charge on any atom is 0.253 e. The fourth-order valence-corrected chi connectivity index (χ4v) is 4.82. The van der Waals surface area contributed by atoms with Crippen LogP contribution >= 0.6 is 24.0 Å². The number of methoxy groups -OCH3 is 1. The first-order valence-corrected chi connectivity index (χ1v) is 12.1. The molecule has 1 aromatic carbocycles. The van der Waals surface area contributed by atoms with Gasteiger partial charge in [-0.25, -0.2) is 4.99 Å². The van der Waals surface area contributed by atoms with Gasteiger partial charge >= 0.3 is 0 Å². The molecule has 3 rings (SSSR count). The molecule has 1 heterocycles. The number of aliphatic imine (C=N–C) groups is 1. The van der Waals surface area contributed by atoms with E-state index in [-0.39, 0.29) is 29.9 Å². The molecular weight excluding hydrogens is 515 g/mol. The predicted molar refractivity (Wildman–Crippen MR) is 142 cm³/mol. The Bertz CT molecular complexity index is 728. The van der Waals surface area contributed by atoms with E-state index < -0.39 is 0 Å². The van der Waals surface area contributed by atoms with E-state index in [4.69, 9.17) is 9.73 Å². The number of amides is 1. The first-order chi connectivity index (χ1) is 15.2. The van der Waals surface area contributed by atoms with Gasteiger partial charge in [0.2, 0.25) is 0 Å². The van der Waals surface area contributed by atoms with Crippen molar-refractivity contribution in [3.63, 3.8) is 0 Å². The zero-order valence-electron chi connectivity index (χ0n) is 19.8. The molecule has 2 N–H and O–H groups in total. The number of hydrogen-bond acceptors (Lipinski definition) is 3. The van der Waals surface area contributed by atoms with Gasteiger partial charge in [0.25, 0.3) is 5.91 Å². The minimum Gasteiger partial charge on any atom is -0.385 e. The molecule has 1 aliphatic heterocycles. The zero-order chi connectivity index (χ0) is 21.9. The van der Waals surface area contributed by atoms with E-state index in [1.165, 1.54) is 32.1 Å². The van der Waals surface area contributed by atoms with Gasteiger partial charge in [-0.1, -0.05) is 25.0 Å². The number of nitrogens with zero attached hydrogens (tertiary/aromatic N) is 2. The lowest BCUT2D eigenvalue weighted by Crippen LogP contribution is -2.43. The van der Waals surface area contributed by atoms with Crippen molar-refractivity contribution in [1.82, 2.24) is 15.5 Å². The molecule has 7 heteroatoms. The minimum atomic E-state index is 0. The highest BCUT2D eigenvalue weighted by Gasteiger charge is 2.33. The minimum absolute atomic E-state index is 0. The van der Waals surface area contributed by atoms with Crippen LogP contribution in [0.25, 0.3) is 0 Å². The topological polar surface area (TPSA) is 66.0 Å². The third-order valence-corrected chi connectivity index (χ3v) is 6.71. The first kappa shape index (κ1) is 26.9. The summed E-state index contributed by atoms with van der Waals surface area (Å²) in [6, 6.07) is 7.95. The summed E-state index contributed by atoms with van der Waals surface area (Å²) in [7, 11) is 1.78. The Labute approximate surface area is 211 Å². The van der Waals surface area contributed by atoms with Gasteiger partial charge in [-0.2, -0.15) is 0 Å². The van der Waals surface area contributed by atoms with Crippen molar-refractivity contribution in [2.45, 2.75) is 64.8 Å². The molecule has 1 saturated heterocycles. The standard InChI is InChI=1S/C25H40N4O2.HI/c1-3-26-24(28-20-25(14-17-31-2)12-5-6-13-25)27-19-21-10-9-11-22(18-21)23(30)29-15-7-4-8-16-29;/h9-11,18H,3-8,12-17,19-20H2,1-2H3,(H2,26,27,28);1H. The summed E-state index contributed by atoms with van der Waals surface area (Å²) < 4.78 is 5.36. The number of nitrogens with one attached hydrogen (secondary N) is 2. The molecule has 180 valence electrons. The van der Waals surface area contributed by atoms with Crippen molar-refractivity contribution in [2.24, 2.45) is 10.4 Å². The van der Waals surface area contributed by atoms with Crippen molar-refractivity contribution in [2.75, 3.05) is 39.9 Å². The molecule has 2 fully saturated rings. The summed E-state index contributed by atoms with van der Waals surface area (Å²) in [4.78, 5) is 19.6. The number of carbonyl (C=O) groups is 1. The second-order valence-corrected chi connectivity index (χ2v) is 9.05. The average Bonchev–Trinajstić information content (AvgIpc) is 3.29. The second kappa shape index (κ2) is 14.0. The van der Waals surface area contributed by atoms with Crippen LogP contribution in [0.5, 0.6) is 0 Å². The summed E-state index contributed by atoms with van der Waals surface area (Å²) in [6.07, 6.45) is 9.65. The van der Waals surface area contributed by atoms with E-state index in [1.54, 1.807) is 7.11 Å². The highest BCUT2D eigenvalue weighted by molar-refractivity contribution is 14.0. The SMILES string of the molecule is CCNC(=NCc1cccc(C(=O)N2CCCCC2)c1)NCC1(CCOC)CCCC1.I. The molecule has 0 unspecified atom stereocenters. The van der Waals surface area contributed by atoms with Crippen LogP contribution in [-0.2, 0) is 11.3 Å². The molecule has 1 saturated carbocycles. The number of likely N-dealkylation sites (tertiary alicyclic amines) is 1. The maximum absolute atomic E-state index is 12.8. The first-order valence-electron chi connectivity index (χ1n) is 12.1. The molecule has 0 spiro atoms. The van der Waals surface area contributed by atoms with Crippen LogP contribution in [0.3, 0.4) is 0 Å². The van der Waals surface area contributed by atoms with Crippen LogP contribution in [0.15, 0.2) is 29.3 Å². The van der Waals surface area contributed by atoms with Crippen LogP contribution in [-0.4, -0.2) is 56.7 Å². The maximum atomic E-state index is 12.8. The van der Waals surface area contributed by atoms with E-state index in [0.29, 0.717) is 12.0 Å². The molecule has 32 heavy (non-hydrogen) atoms. The van der Waals surface area contributed by atoms with Gasteiger partial charge in [0.05, 0.1) is 6.54 Å². The predicted octanol–water partition coefficient (Wildman–Crippen LogP) is 4.58. The molecule has 1 aliphatic carbocycles. The van der Waals surface area contributed by atoms with Crippen LogP contribution < -0.4 is 10.6 Å². The van der Waals surface area contributed by atoms with Gasteiger partial charge in [-0.3, -0.25) is 4.79 Å². The van der Waals surface area contributed by atoms with Crippen LogP contribution in [0.4, 0.5) is 0 Å². The number of carbonyl (C=O) groups excluding carboxylic acids is 1. The second-order valence-electron chi connectivity index (χ2n) is 9.05. The number of halogens is 1. The Hall–Kier alpha value is -1.35. The Morgan fingerprint density at radius 2 is 1.88 bits per heavy atom. The van der Waals surface area contributed by atoms with Crippen LogP contribution in [0.1, 0.15) is 74.2 Å². The highest BCUT2D eigenvalue weighted by Crippen LogP contribution is 2.40. The largest absolute Gasteiger partial charge is 0.385 e. The molecule has 0 radical (unpaired) electrons. The number of guanidine groups is 1. The molecule has 2 aliphatic rings. The molecule has 0 atom stereocenters. The number of ether oxygens (including phenoxy) is 1. The zero-order valence-corrected chi connectivity index (χ0v) is 22.2. The third kappa shape index (κ3) is 7.90.